The molecule has 1 atom stereocenters. The third-order valence-corrected chi connectivity index (χ3v) is 2.06. The van der Waals surface area contributed by atoms with Crippen LogP contribution in [0.3, 0.4) is 0 Å². The van der Waals surface area contributed by atoms with Gasteiger partial charge in [0, 0.05) is 20.3 Å². The predicted octanol–water partition coefficient (Wildman–Crippen LogP) is 0.665. The van der Waals surface area contributed by atoms with E-state index in [0.29, 0.717) is 13.0 Å². The fourth-order valence-electron chi connectivity index (χ4n) is 1.27. The van der Waals surface area contributed by atoms with Gasteiger partial charge in [0.15, 0.2) is 0 Å². The quantitative estimate of drug-likeness (QED) is 0.684. The molecule has 1 unspecified atom stereocenters. The molecule has 1 aromatic rings. The van der Waals surface area contributed by atoms with Gasteiger partial charge in [0.2, 0.25) is 0 Å². The highest BCUT2D eigenvalue weighted by Crippen LogP contribution is 2.15. The lowest BCUT2D eigenvalue weighted by Gasteiger charge is -2.09. The maximum Gasteiger partial charge on any atom is 0.0973 e. The molecule has 1 aromatic heterocycles. The van der Waals surface area contributed by atoms with Crippen molar-refractivity contribution in [3.63, 3.8) is 0 Å². The molecule has 5 heteroatoms. The van der Waals surface area contributed by atoms with Crippen LogP contribution in [0, 0.1) is 0 Å². The Kier molecular flexibility index (Phi) is 4.55. The summed E-state index contributed by atoms with van der Waals surface area (Å²) in [6.07, 6.45) is 2.63. The van der Waals surface area contributed by atoms with Gasteiger partial charge in [-0.05, 0) is 19.8 Å². The number of ether oxygens (including phenoxy) is 1. The third-order valence-electron chi connectivity index (χ3n) is 2.06. The highest BCUT2D eigenvalue weighted by atomic mass is 16.5. The van der Waals surface area contributed by atoms with Crippen LogP contribution in [-0.4, -0.2) is 33.3 Å². The summed E-state index contributed by atoms with van der Waals surface area (Å²) in [6.45, 7) is 3.38. The van der Waals surface area contributed by atoms with Crippen LogP contribution in [0.15, 0.2) is 6.20 Å². The number of aromatic nitrogens is 3. The standard InChI is InChI=1S/C9H17N3O2/c1-3-14-6-4-5-9(13)8-7-10-11-12(8)2/h7,9,13H,3-6H2,1-2H3. The molecular formula is C9H17N3O2. The van der Waals surface area contributed by atoms with Crippen LogP contribution in [0.1, 0.15) is 31.6 Å². The van der Waals surface area contributed by atoms with Crippen molar-refractivity contribution < 1.29 is 9.84 Å². The van der Waals surface area contributed by atoms with Gasteiger partial charge in [-0.15, -0.1) is 5.10 Å². The zero-order valence-corrected chi connectivity index (χ0v) is 8.68. The first-order valence-corrected chi connectivity index (χ1v) is 4.86. The maximum atomic E-state index is 9.73. The molecule has 0 aliphatic rings. The maximum absolute atomic E-state index is 9.73. The van der Waals surface area contributed by atoms with Crippen molar-refractivity contribution in [2.45, 2.75) is 25.9 Å². The van der Waals surface area contributed by atoms with Crippen LogP contribution >= 0.6 is 0 Å². The summed E-state index contributed by atoms with van der Waals surface area (Å²) in [4.78, 5) is 0. The summed E-state index contributed by atoms with van der Waals surface area (Å²) < 4.78 is 6.77. The van der Waals surface area contributed by atoms with Crippen LogP contribution in [0.2, 0.25) is 0 Å². The van der Waals surface area contributed by atoms with E-state index < -0.39 is 6.10 Å². The molecule has 0 spiro atoms. The molecule has 0 bridgehead atoms. The molecule has 1 heterocycles. The fourth-order valence-corrected chi connectivity index (χ4v) is 1.27. The minimum absolute atomic E-state index is 0.490. The molecule has 14 heavy (non-hydrogen) atoms. The molecule has 1 rings (SSSR count). The van der Waals surface area contributed by atoms with E-state index in [9.17, 15) is 5.11 Å². The Morgan fingerprint density at radius 1 is 1.64 bits per heavy atom. The van der Waals surface area contributed by atoms with E-state index in [1.165, 1.54) is 0 Å². The number of aryl methyl sites for hydroxylation is 1. The molecular weight excluding hydrogens is 182 g/mol. The van der Waals surface area contributed by atoms with Crippen LogP contribution in [0.5, 0.6) is 0 Å². The molecule has 0 radical (unpaired) electrons. The second-order valence-corrected chi connectivity index (χ2v) is 3.14. The van der Waals surface area contributed by atoms with Gasteiger partial charge in [-0.1, -0.05) is 5.21 Å². The zero-order chi connectivity index (χ0) is 10.4. The van der Waals surface area contributed by atoms with Crippen molar-refractivity contribution in [2.24, 2.45) is 7.05 Å². The highest BCUT2D eigenvalue weighted by Gasteiger charge is 2.11. The number of aliphatic hydroxyl groups is 1. The lowest BCUT2D eigenvalue weighted by molar-refractivity contribution is 0.111. The van der Waals surface area contributed by atoms with Gasteiger partial charge < -0.3 is 9.84 Å². The van der Waals surface area contributed by atoms with E-state index in [-0.39, 0.29) is 0 Å². The molecule has 80 valence electrons. The first-order valence-electron chi connectivity index (χ1n) is 4.86. The average molecular weight is 199 g/mol. The molecule has 0 aliphatic carbocycles. The minimum Gasteiger partial charge on any atom is -0.387 e. The van der Waals surface area contributed by atoms with Crippen LogP contribution < -0.4 is 0 Å². The Labute approximate surface area is 83.7 Å². The number of hydrogen-bond donors (Lipinski definition) is 1. The van der Waals surface area contributed by atoms with Crippen LogP contribution in [0.4, 0.5) is 0 Å². The number of rotatable bonds is 6. The lowest BCUT2D eigenvalue weighted by atomic mass is 10.1. The zero-order valence-electron chi connectivity index (χ0n) is 8.68. The van der Waals surface area contributed by atoms with Gasteiger partial charge >= 0.3 is 0 Å². The van der Waals surface area contributed by atoms with Gasteiger partial charge in [-0.3, -0.25) is 0 Å². The van der Waals surface area contributed by atoms with Gasteiger partial charge in [0.05, 0.1) is 18.0 Å². The number of aliphatic hydroxyl groups excluding tert-OH is 1. The van der Waals surface area contributed by atoms with Crippen molar-refractivity contribution in [3.05, 3.63) is 11.9 Å². The molecule has 0 fully saturated rings. The summed E-state index contributed by atoms with van der Waals surface area (Å²) in [6, 6.07) is 0. The van der Waals surface area contributed by atoms with E-state index >= 15 is 0 Å². The Morgan fingerprint density at radius 2 is 2.43 bits per heavy atom. The topological polar surface area (TPSA) is 60.2 Å². The SMILES string of the molecule is CCOCCCC(O)c1cnnn1C. The number of hydrogen-bond acceptors (Lipinski definition) is 4. The largest absolute Gasteiger partial charge is 0.387 e. The Hall–Kier alpha value is -0.940. The van der Waals surface area contributed by atoms with Crippen molar-refractivity contribution >= 4 is 0 Å². The van der Waals surface area contributed by atoms with E-state index in [2.05, 4.69) is 10.3 Å². The van der Waals surface area contributed by atoms with Crippen molar-refractivity contribution in [2.75, 3.05) is 13.2 Å². The van der Waals surface area contributed by atoms with Crippen molar-refractivity contribution in [1.29, 1.82) is 0 Å². The molecule has 0 aliphatic heterocycles. The molecule has 0 aromatic carbocycles. The average Bonchev–Trinajstić information content (AvgIpc) is 2.59. The number of nitrogens with zero attached hydrogens (tertiary/aromatic N) is 3. The minimum atomic E-state index is -0.490. The third kappa shape index (κ3) is 3.08. The Morgan fingerprint density at radius 3 is 3.00 bits per heavy atom. The van der Waals surface area contributed by atoms with E-state index in [4.69, 9.17) is 4.74 Å². The molecule has 0 saturated heterocycles. The molecule has 0 saturated carbocycles. The fraction of sp³-hybridized carbons (Fsp3) is 0.778. The first-order chi connectivity index (χ1) is 6.75. The predicted molar refractivity (Wildman–Crippen MR) is 51.7 cm³/mol. The lowest BCUT2D eigenvalue weighted by Crippen LogP contribution is -2.06. The van der Waals surface area contributed by atoms with Gasteiger partial charge in [0.1, 0.15) is 0 Å². The van der Waals surface area contributed by atoms with Gasteiger partial charge in [-0.2, -0.15) is 0 Å². The molecule has 1 N–H and O–H groups in total. The second kappa shape index (κ2) is 5.72. The van der Waals surface area contributed by atoms with Gasteiger partial charge in [-0.25, -0.2) is 4.68 Å². The van der Waals surface area contributed by atoms with Crippen LogP contribution in [0.25, 0.3) is 0 Å². The highest BCUT2D eigenvalue weighted by molar-refractivity contribution is 4.97. The summed E-state index contributed by atoms with van der Waals surface area (Å²) in [5, 5.41) is 17.2. The molecule has 0 amide bonds. The summed E-state index contributed by atoms with van der Waals surface area (Å²) >= 11 is 0. The van der Waals surface area contributed by atoms with Gasteiger partial charge in [0.25, 0.3) is 0 Å². The smallest absolute Gasteiger partial charge is 0.0973 e. The Balaban J connectivity index is 2.28. The first kappa shape index (κ1) is 11.1. The van der Waals surface area contributed by atoms with E-state index in [0.717, 1.165) is 18.7 Å². The summed E-state index contributed by atoms with van der Waals surface area (Å²) in [5.41, 5.74) is 0.751. The summed E-state index contributed by atoms with van der Waals surface area (Å²) in [5.74, 6) is 0. The van der Waals surface area contributed by atoms with Crippen molar-refractivity contribution in [1.82, 2.24) is 15.0 Å². The van der Waals surface area contributed by atoms with Crippen LogP contribution in [-0.2, 0) is 11.8 Å². The second-order valence-electron chi connectivity index (χ2n) is 3.14. The van der Waals surface area contributed by atoms with E-state index in [1.54, 1.807) is 17.9 Å². The van der Waals surface area contributed by atoms with E-state index in [1.807, 2.05) is 6.92 Å². The van der Waals surface area contributed by atoms with Crippen molar-refractivity contribution in [3.8, 4) is 0 Å². The normalized spacial score (nSPS) is 13.1. The summed E-state index contributed by atoms with van der Waals surface area (Å²) in [7, 11) is 1.77. The Bertz CT molecular complexity index is 262. The molecule has 5 nitrogen and oxygen atoms in total. The monoisotopic (exact) mass is 199 g/mol.